The van der Waals surface area contributed by atoms with Gasteiger partial charge in [0.2, 0.25) is 0 Å². The lowest BCUT2D eigenvalue weighted by molar-refractivity contribution is 0.471. The summed E-state index contributed by atoms with van der Waals surface area (Å²) in [7, 11) is -8.61. The number of aromatic hydroxyl groups is 1. The molecule has 0 bridgehead atoms. The Morgan fingerprint density at radius 1 is 0.917 bits per heavy atom. The van der Waals surface area contributed by atoms with Crippen molar-refractivity contribution >= 4 is 53.7 Å². The fourth-order valence-electron chi connectivity index (χ4n) is 3.67. The van der Waals surface area contributed by atoms with Crippen molar-refractivity contribution in [2.45, 2.75) is 23.1 Å². The van der Waals surface area contributed by atoms with Crippen molar-refractivity contribution < 1.29 is 26.5 Å². The van der Waals surface area contributed by atoms with Crippen LogP contribution in [0.3, 0.4) is 0 Å². The third-order valence-corrected chi connectivity index (χ3v) is 7.67. The van der Waals surface area contributed by atoms with E-state index in [0.29, 0.717) is 12.1 Å². The number of benzene rings is 4. The van der Waals surface area contributed by atoms with Crippen LogP contribution in [-0.4, -0.2) is 26.5 Å². The molecule has 0 spiro atoms. The Labute approximate surface area is 207 Å². The smallest absolute Gasteiger partial charge is 0.294 e. The molecule has 0 radical (unpaired) electrons. The summed E-state index contributed by atoms with van der Waals surface area (Å²) < 4.78 is 61.4. The fraction of sp³-hybridized carbons (Fsp3) is 0.0833. The van der Waals surface area contributed by atoms with E-state index < -0.39 is 30.8 Å². The molecule has 0 unspecified atom stereocenters. The van der Waals surface area contributed by atoms with Crippen LogP contribution in [0.1, 0.15) is 12.5 Å². The van der Waals surface area contributed by atoms with Crippen molar-refractivity contribution in [3.05, 3.63) is 78.4 Å². The topological polar surface area (TPSA) is 172 Å². The van der Waals surface area contributed by atoms with Gasteiger partial charge in [0.15, 0.2) is 0 Å². The summed E-state index contributed by atoms with van der Waals surface area (Å²) in [6, 6.07) is 17.9. The van der Waals surface area contributed by atoms with Gasteiger partial charge in [0.25, 0.3) is 20.1 Å². The molecular weight excluding hydrogens is 504 g/mol. The maximum atomic E-state index is 13.2. The van der Waals surface area contributed by atoms with E-state index in [9.17, 15) is 26.5 Å². The molecule has 4 aromatic carbocycles. The molecule has 0 fully saturated rings. The molecule has 0 aromatic heterocycles. The summed E-state index contributed by atoms with van der Waals surface area (Å²) in [6.07, 6.45) is 0.628. The molecular formula is C24H22N4O6S2. The summed E-state index contributed by atoms with van der Waals surface area (Å²) in [5.74, 6) is -0.500. The van der Waals surface area contributed by atoms with E-state index in [1.807, 2.05) is 19.1 Å². The highest BCUT2D eigenvalue weighted by atomic mass is 32.2. The minimum absolute atomic E-state index is 0.00313. The predicted molar refractivity (Wildman–Crippen MR) is 137 cm³/mol. The summed E-state index contributed by atoms with van der Waals surface area (Å²) in [6.45, 7) is 1.91. The second kappa shape index (κ2) is 9.57. The van der Waals surface area contributed by atoms with Gasteiger partial charge in [-0.1, -0.05) is 43.3 Å². The number of nitrogen functional groups attached to an aromatic ring is 1. The zero-order valence-electron chi connectivity index (χ0n) is 19.0. The second-order valence-electron chi connectivity index (χ2n) is 7.80. The largest absolute Gasteiger partial charge is 0.507 e. The van der Waals surface area contributed by atoms with Gasteiger partial charge in [-0.15, -0.1) is 10.2 Å². The number of anilines is 2. The number of rotatable bonds is 7. The molecule has 10 nitrogen and oxygen atoms in total. The second-order valence-corrected chi connectivity index (χ2v) is 10.9. The predicted octanol–water partition coefficient (Wildman–Crippen LogP) is 5.15. The van der Waals surface area contributed by atoms with Gasteiger partial charge in [-0.25, -0.2) is 8.42 Å². The highest BCUT2D eigenvalue weighted by molar-refractivity contribution is 7.92. The summed E-state index contributed by atoms with van der Waals surface area (Å²) in [5, 5.41) is 19.0. The van der Waals surface area contributed by atoms with Crippen LogP contribution in [0.15, 0.2) is 92.8 Å². The van der Waals surface area contributed by atoms with Gasteiger partial charge in [-0.2, -0.15) is 8.42 Å². The Kier molecular flexibility index (Phi) is 6.67. The molecule has 0 aliphatic carbocycles. The molecule has 4 rings (SSSR count). The number of nitrogens with one attached hydrogen (secondary N) is 1. The van der Waals surface area contributed by atoms with Crippen molar-refractivity contribution in [2.24, 2.45) is 10.2 Å². The first-order valence-corrected chi connectivity index (χ1v) is 13.6. The van der Waals surface area contributed by atoms with Gasteiger partial charge < -0.3 is 10.8 Å². The lowest BCUT2D eigenvalue weighted by Crippen LogP contribution is -2.14. The highest BCUT2D eigenvalue weighted by Gasteiger charge is 2.21. The maximum Gasteiger partial charge on any atom is 0.294 e. The van der Waals surface area contributed by atoms with Crippen molar-refractivity contribution in [2.75, 3.05) is 10.5 Å². The molecule has 5 N–H and O–H groups in total. The molecule has 12 heteroatoms. The Balaban J connectivity index is 1.79. The van der Waals surface area contributed by atoms with Gasteiger partial charge in [-0.3, -0.25) is 9.27 Å². The van der Waals surface area contributed by atoms with Gasteiger partial charge >= 0.3 is 0 Å². The third-order valence-electron chi connectivity index (χ3n) is 5.43. The van der Waals surface area contributed by atoms with E-state index in [2.05, 4.69) is 15.0 Å². The average molecular weight is 527 g/mol. The normalized spacial score (nSPS) is 12.3. The highest BCUT2D eigenvalue weighted by Crippen LogP contribution is 2.40. The van der Waals surface area contributed by atoms with Crippen molar-refractivity contribution in [1.82, 2.24) is 0 Å². The number of hydrogen-bond donors (Lipinski definition) is 4. The third kappa shape index (κ3) is 5.00. The van der Waals surface area contributed by atoms with Crippen molar-refractivity contribution in [3.8, 4) is 5.75 Å². The van der Waals surface area contributed by atoms with Gasteiger partial charge in [0.1, 0.15) is 22.0 Å². The number of hydrogen-bond acceptors (Lipinski definition) is 8. The molecule has 0 saturated carbocycles. The molecule has 186 valence electrons. The Morgan fingerprint density at radius 2 is 1.61 bits per heavy atom. The number of nitrogens with two attached hydrogens (primary N) is 1. The fourth-order valence-corrected chi connectivity index (χ4v) is 5.45. The van der Waals surface area contributed by atoms with Crippen LogP contribution < -0.4 is 10.5 Å². The molecule has 0 atom stereocenters. The van der Waals surface area contributed by atoms with Crippen LogP contribution in [0.2, 0.25) is 0 Å². The summed E-state index contributed by atoms with van der Waals surface area (Å²) >= 11 is 0. The van der Waals surface area contributed by atoms with Crippen LogP contribution in [0.4, 0.5) is 22.7 Å². The van der Waals surface area contributed by atoms with Crippen LogP contribution in [0, 0.1) is 0 Å². The number of fused-ring (bicyclic) bond motifs is 1. The molecule has 4 aromatic rings. The zero-order valence-corrected chi connectivity index (χ0v) is 20.6. The van der Waals surface area contributed by atoms with E-state index in [1.54, 1.807) is 24.3 Å². The quantitative estimate of drug-likeness (QED) is 0.146. The number of para-hydroxylation sites is 1. The van der Waals surface area contributed by atoms with Gasteiger partial charge in [-0.05, 0) is 47.7 Å². The van der Waals surface area contributed by atoms with Crippen LogP contribution in [0.5, 0.6) is 5.75 Å². The van der Waals surface area contributed by atoms with Gasteiger partial charge in [0.05, 0.1) is 21.7 Å². The standard InChI is InChI=1S/C24H22N4O6S2/c1-2-15-7-3-4-8-19(15)28-35(30,31)22-10-6-5-9-20(22)26-27-24-18(25)12-11-16-13-17(36(32,33)34)14-21(29)23(16)24/h3-14,28-29H,2,25H2,1H3,(H,32,33,34). The van der Waals surface area contributed by atoms with E-state index in [-0.39, 0.29) is 32.7 Å². The van der Waals surface area contributed by atoms with Crippen molar-refractivity contribution in [3.63, 3.8) is 0 Å². The van der Waals surface area contributed by atoms with Crippen LogP contribution in [0.25, 0.3) is 10.8 Å². The average Bonchev–Trinajstić information content (AvgIpc) is 2.83. The number of sulfonamides is 1. The molecule has 36 heavy (non-hydrogen) atoms. The van der Waals surface area contributed by atoms with E-state index >= 15 is 0 Å². The van der Waals surface area contributed by atoms with Gasteiger partial charge in [0, 0.05) is 6.07 Å². The number of phenolic OH excluding ortho intramolecular Hbond substituents is 1. The first kappa shape index (κ1) is 25.1. The monoisotopic (exact) mass is 526 g/mol. The molecule has 0 aliphatic heterocycles. The van der Waals surface area contributed by atoms with Crippen LogP contribution >= 0.6 is 0 Å². The van der Waals surface area contributed by atoms with E-state index in [4.69, 9.17) is 5.73 Å². The maximum absolute atomic E-state index is 13.2. The molecule has 0 amide bonds. The van der Waals surface area contributed by atoms with Crippen molar-refractivity contribution in [1.29, 1.82) is 0 Å². The van der Waals surface area contributed by atoms with Crippen LogP contribution in [-0.2, 0) is 26.6 Å². The Morgan fingerprint density at radius 3 is 2.33 bits per heavy atom. The summed E-state index contributed by atoms with van der Waals surface area (Å²) in [4.78, 5) is -0.633. The minimum atomic E-state index is -4.57. The SMILES string of the molecule is CCc1ccccc1NS(=O)(=O)c1ccccc1N=Nc1c(N)ccc2cc(S(=O)(=O)O)cc(O)c12. The van der Waals surface area contributed by atoms with E-state index in [0.717, 1.165) is 17.7 Å². The number of aryl methyl sites for hydroxylation is 1. The molecule has 0 aliphatic rings. The molecule has 0 heterocycles. The Hall–Kier alpha value is -4.00. The first-order valence-electron chi connectivity index (χ1n) is 10.7. The minimum Gasteiger partial charge on any atom is -0.507 e. The Bertz CT molecular complexity index is 1720. The molecule has 0 saturated heterocycles. The number of azo groups is 1. The number of nitrogens with zero attached hydrogens (tertiary/aromatic N) is 2. The lowest BCUT2D eigenvalue weighted by atomic mass is 10.1. The lowest BCUT2D eigenvalue weighted by Gasteiger charge is -2.13. The number of phenols is 1. The summed E-state index contributed by atoms with van der Waals surface area (Å²) in [5.41, 5.74) is 7.44. The van der Waals surface area contributed by atoms with E-state index in [1.165, 1.54) is 24.3 Å². The first-order chi connectivity index (χ1) is 17.0. The zero-order chi connectivity index (χ0) is 26.1.